The fraction of sp³-hybridized carbons (Fsp3) is 0.111. The zero-order valence-corrected chi connectivity index (χ0v) is 15.7. The Labute approximate surface area is 153 Å². The van der Waals surface area contributed by atoms with Crippen LogP contribution in [-0.4, -0.2) is 20.8 Å². The quantitative estimate of drug-likeness (QED) is 0.701. The van der Waals surface area contributed by atoms with E-state index in [1.165, 1.54) is 24.4 Å². The van der Waals surface area contributed by atoms with Crippen LogP contribution in [0.5, 0.6) is 0 Å². The van der Waals surface area contributed by atoms with E-state index in [0.717, 1.165) is 15.7 Å². The summed E-state index contributed by atoms with van der Waals surface area (Å²) in [4.78, 5) is -0.0354. The standard InChI is InChI=1S/C18H18N2O4S2/c1-2-15-8-6-7-11-18(15)19-25(21,22)17-12-13-20(14-17)26(23,24)16-9-4-3-5-10-16/h3-14,19H,2H2,1H3. The van der Waals surface area contributed by atoms with Gasteiger partial charge in [0.05, 0.1) is 10.6 Å². The number of anilines is 1. The highest BCUT2D eigenvalue weighted by atomic mass is 32.2. The Kier molecular flexibility index (Phi) is 4.88. The van der Waals surface area contributed by atoms with Crippen LogP contribution in [0.3, 0.4) is 0 Å². The molecule has 0 aliphatic carbocycles. The van der Waals surface area contributed by atoms with Crippen LogP contribution in [0.1, 0.15) is 12.5 Å². The van der Waals surface area contributed by atoms with Crippen LogP contribution < -0.4 is 4.72 Å². The predicted molar refractivity (Wildman–Crippen MR) is 100 cm³/mol. The van der Waals surface area contributed by atoms with Gasteiger partial charge < -0.3 is 0 Å². The van der Waals surface area contributed by atoms with Crippen molar-refractivity contribution in [3.63, 3.8) is 0 Å². The van der Waals surface area contributed by atoms with Gasteiger partial charge in [-0.05, 0) is 36.2 Å². The minimum atomic E-state index is -3.90. The number of rotatable bonds is 6. The molecule has 136 valence electrons. The molecule has 0 amide bonds. The molecule has 3 aromatic rings. The summed E-state index contributed by atoms with van der Waals surface area (Å²) in [6, 6.07) is 16.2. The Hall–Kier alpha value is -2.58. The Bertz CT molecular complexity index is 1120. The lowest BCUT2D eigenvalue weighted by Crippen LogP contribution is -2.14. The first-order chi connectivity index (χ1) is 12.3. The van der Waals surface area contributed by atoms with Gasteiger partial charge in [0.2, 0.25) is 0 Å². The fourth-order valence-electron chi connectivity index (χ4n) is 2.51. The fourth-order valence-corrected chi connectivity index (χ4v) is 4.90. The Balaban J connectivity index is 1.94. The maximum absolute atomic E-state index is 12.6. The summed E-state index contributed by atoms with van der Waals surface area (Å²) in [7, 11) is -7.74. The molecule has 0 radical (unpaired) electrons. The Morgan fingerprint density at radius 3 is 2.19 bits per heavy atom. The molecule has 8 heteroatoms. The monoisotopic (exact) mass is 390 g/mol. The molecule has 1 aromatic heterocycles. The van der Waals surface area contributed by atoms with Gasteiger partial charge in [-0.3, -0.25) is 4.72 Å². The number of nitrogens with zero attached hydrogens (tertiary/aromatic N) is 1. The van der Waals surface area contributed by atoms with Crippen molar-refractivity contribution in [1.29, 1.82) is 0 Å². The molecule has 6 nitrogen and oxygen atoms in total. The molecular formula is C18H18N2O4S2. The van der Waals surface area contributed by atoms with E-state index >= 15 is 0 Å². The normalized spacial score (nSPS) is 12.0. The number of aromatic nitrogens is 1. The summed E-state index contributed by atoms with van der Waals surface area (Å²) in [6.07, 6.45) is 2.99. The highest BCUT2D eigenvalue weighted by molar-refractivity contribution is 7.93. The smallest absolute Gasteiger partial charge is 0.267 e. The second-order valence-electron chi connectivity index (χ2n) is 5.61. The molecule has 1 heterocycles. The molecular weight excluding hydrogens is 372 g/mol. The van der Waals surface area contributed by atoms with Gasteiger partial charge in [-0.2, -0.15) is 0 Å². The highest BCUT2D eigenvalue weighted by Gasteiger charge is 2.22. The molecule has 0 bridgehead atoms. The second kappa shape index (κ2) is 6.97. The lowest BCUT2D eigenvalue weighted by molar-refractivity contribution is 0.587. The zero-order chi connectivity index (χ0) is 18.8. The molecule has 3 rings (SSSR count). The molecule has 0 spiro atoms. The molecule has 26 heavy (non-hydrogen) atoms. The molecule has 0 saturated heterocycles. The summed E-state index contributed by atoms with van der Waals surface area (Å²) in [5, 5.41) is 0. The molecule has 0 fully saturated rings. The molecule has 2 aromatic carbocycles. The van der Waals surface area contributed by atoms with Crippen LogP contribution >= 0.6 is 0 Å². The van der Waals surface area contributed by atoms with Crippen molar-refractivity contribution in [1.82, 2.24) is 3.97 Å². The van der Waals surface area contributed by atoms with E-state index < -0.39 is 20.0 Å². The van der Waals surface area contributed by atoms with Gasteiger partial charge in [-0.1, -0.05) is 43.3 Å². The summed E-state index contributed by atoms with van der Waals surface area (Å²) in [6.45, 7) is 1.93. The third-order valence-corrected chi connectivity index (χ3v) is 6.91. The molecule has 1 N–H and O–H groups in total. The third-order valence-electron chi connectivity index (χ3n) is 3.91. The molecule has 0 aliphatic rings. The first-order valence-corrected chi connectivity index (χ1v) is 10.9. The van der Waals surface area contributed by atoms with Crippen molar-refractivity contribution in [3.05, 3.63) is 78.6 Å². The Morgan fingerprint density at radius 1 is 0.846 bits per heavy atom. The van der Waals surface area contributed by atoms with Crippen LogP contribution in [0.15, 0.2) is 82.8 Å². The van der Waals surface area contributed by atoms with Gasteiger partial charge in [-0.25, -0.2) is 20.8 Å². The van der Waals surface area contributed by atoms with E-state index in [9.17, 15) is 16.8 Å². The van der Waals surface area contributed by atoms with Crippen molar-refractivity contribution >= 4 is 25.7 Å². The van der Waals surface area contributed by atoms with E-state index in [4.69, 9.17) is 0 Å². The second-order valence-corrected chi connectivity index (χ2v) is 9.14. The van der Waals surface area contributed by atoms with Gasteiger partial charge in [0, 0.05) is 12.4 Å². The average Bonchev–Trinajstić information content (AvgIpc) is 3.15. The van der Waals surface area contributed by atoms with E-state index in [1.807, 2.05) is 19.1 Å². The molecule has 0 unspecified atom stereocenters. The Morgan fingerprint density at radius 2 is 1.50 bits per heavy atom. The first-order valence-electron chi connectivity index (χ1n) is 7.94. The predicted octanol–water partition coefficient (Wildman–Crippen LogP) is 3.09. The summed E-state index contributed by atoms with van der Waals surface area (Å²) in [5.41, 5.74) is 1.33. The average molecular weight is 390 g/mol. The van der Waals surface area contributed by atoms with Crippen molar-refractivity contribution < 1.29 is 16.8 Å². The van der Waals surface area contributed by atoms with Crippen molar-refractivity contribution in [2.24, 2.45) is 0 Å². The van der Waals surface area contributed by atoms with Crippen molar-refractivity contribution in [3.8, 4) is 0 Å². The number of para-hydroxylation sites is 1. The highest BCUT2D eigenvalue weighted by Crippen LogP contribution is 2.22. The number of hydrogen-bond donors (Lipinski definition) is 1. The lowest BCUT2D eigenvalue weighted by Gasteiger charge is -2.10. The summed E-state index contributed by atoms with van der Waals surface area (Å²) < 4.78 is 53.8. The molecule has 0 aliphatic heterocycles. The summed E-state index contributed by atoms with van der Waals surface area (Å²) in [5.74, 6) is 0. The number of nitrogens with one attached hydrogen (secondary N) is 1. The van der Waals surface area contributed by atoms with Gasteiger partial charge >= 0.3 is 0 Å². The van der Waals surface area contributed by atoms with Gasteiger partial charge in [0.1, 0.15) is 4.90 Å². The van der Waals surface area contributed by atoms with E-state index in [0.29, 0.717) is 12.1 Å². The zero-order valence-electron chi connectivity index (χ0n) is 14.0. The van der Waals surface area contributed by atoms with Crippen LogP contribution in [0, 0.1) is 0 Å². The number of aryl methyl sites for hydroxylation is 1. The number of sulfonamides is 1. The minimum absolute atomic E-state index is 0.0869. The van der Waals surface area contributed by atoms with Gasteiger partial charge in [-0.15, -0.1) is 0 Å². The van der Waals surface area contributed by atoms with E-state index in [-0.39, 0.29) is 9.79 Å². The lowest BCUT2D eigenvalue weighted by atomic mass is 10.1. The maximum Gasteiger partial charge on any atom is 0.267 e. The van der Waals surface area contributed by atoms with E-state index in [2.05, 4.69) is 4.72 Å². The number of hydrogen-bond acceptors (Lipinski definition) is 4. The topological polar surface area (TPSA) is 85.2 Å². The van der Waals surface area contributed by atoms with Crippen LogP contribution in [0.2, 0.25) is 0 Å². The van der Waals surface area contributed by atoms with E-state index in [1.54, 1.807) is 30.3 Å². The third kappa shape index (κ3) is 3.51. The summed E-state index contributed by atoms with van der Waals surface area (Å²) >= 11 is 0. The van der Waals surface area contributed by atoms with Gasteiger partial charge in [0.15, 0.2) is 0 Å². The minimum Gasteiger partial charge on any atom is -0.279 e. The number of benzene rings is 2. The maximum atomic E-state index is 12.6. The van der Waals surface area contributed by atoms with Crippen LogP contribution in [0.4, 0.5) is 5.69 Å². The molecule has 0 saturated carbocycles. The largest absolute Gasteiger partial charge is 0.279 e. The van der Waals surface area contributed by atoms with Crippen LogP contribution in [0.25, 0.3) is 0 Å². The SMILES string of the molecule is CCc1ccccc1NS(=O)(=O)c1ccn(S(=O)(=O)c2ccccc2)c1. The van der Waals surface area contributed by atoms with Crippen LogP contribution in [-0.2, 0) is 26.5 Å². The molecule has 0 atom stereocenters. The van der Waals surface area contributed by atoms with Gasteiger partial charge in [0.25, 0.3) is 20.0 Å². The first kappa shape index (κ1) is 18.2. The van der Waals surface area contributed by atoms with Crippen molar-refractivity contribution in [2.75, 3.05) is 4.72 Å². The van der Waals surface area contributed by atoms with Crippen molar-refractivity contribution in [2.45, 2.75) is 23.1 Å².